The molecule has 2 amide bonds. The third-order valence-corrected chi connectivity index (χ3v) is 4.62. The van der Waals surface area contributed by atoms with Gasteiger partial charge in [-0.3, -0.25) is 9.59 Å². The Labute approximate surface area is 140 Å². The van der Waals surface area contributed by atoms with Crippen molar-refractivity contribution in [3.05, 3.63) is 53.6 Å². The lowest BCUT2D eigenvalue weighted by Gasteiger charge is -2.18. The van der Waals surface area contributed by atoms with E-state index in [2.05, 4.69) is 10.6 Å². The number of benzene rings is 2. The van der Waals surface area contributed by atoms with Gasteiger partial charge in [-0.2, -0.15) is 0 Å². The van der Waals surface area contributed by atoms with Gasteiger partial charge in [-0.05, 0) is 49.2 Å². The molecule has 0 bridgehead atoms. The van der Waals surface area contributed by atoms with Crippen molar-refractivity contribution in [3.63, 3.8) is 0 Å². The fraction of sp³-hybridized carbons (Fsp3) is 0.263. The summed E-state index contributed by atoms with van der Waals surface area (Å²) in [6, 6.07) is 13.5. The highest BCUT2D eigenvalue weighted by Crippen LogP contribution is 2.28. The lowest BCUT2D eigenvalue weighted by Crippen LogP contribution is -2.33. The minimum Gasteiger partial charge on any atom is -0.374 e. The SMILES string of the molecule is Cc1ccc(N2CC[C@H](Nc3ccc4c(c3)CC(=O)N4)C2=O)cc1. The summed E-state index contributed by atoms with van der Waals surface area (Å²) in [5.74, 6) is 0.109. The van der Waals surface area contributed by atoms with Crippen LogP contribution in [0.3, 0.4) is 0 Å². The molecular formula is C19H19N3O2. The predicted octanol–water partition coefficient (Wildman–Crippen LogP) is 2.71. The largest absolute Gasteiger partial charge is 0.374 e. The zero-order valence-corrected chi connectivity index (χ0v) is 13.5. The van der Waals surface area contributed by atoms with Gasteiger partial charge < -0.3 is 15.5 Å². The average Bonchev–Trinajstić information content (AvgIpc) is 3.11. The third kappa shape index (κ3) is 2.62. The van der Waals surface area contributed by atoms with Crippen molar-refractivity contribution in [2.45, 2.75) is 25.8 Å². The van der Waals surface area contributed by atoms with Gasteiger partial charge >= 0.3 is 0 Å². The van der Waals surface area contributed by atoms with Crippen molar-refractivity contribution in [1.82, 2.24) is 0 Å². The highest BCUT2D eigenvalue weighted by molar-refractivity contribution is 6.02. The normalized spacial score (nSPS) is 19.4. The number of rotatable bonds is 3. The molecule has 2 heterocycles. The van der Waals surface area contributed by atoms with E-state index in [9.17, 15) is 9.59 Å². The van der Waals surface area contributed by atoms with E-state index in [1.54, 1.807) is 0 Å². The monoisotopic (exact) mass is 321 g/mol. The minimum absolute atomic E-state index is 0.0182. The molecule has 0 spiro atoms. The lowest BCUT2D eigenvalue weighted by molar-refractivity contribution is -0.117. The summed E-state index contributed by atoms with van der Waals surface area (Å²) < 4.78 is 0. The van der Waals surface area contributed by atoms with Crippen molar-refractivity contribution in [3.8, 4) is 0 Å². The van der Waals surface area contributed by atoms with Crippen LogP contribution in [0.2, 0.25) is 0 Å². The molecule has 1 atom stereocenters. The van der Waals surface area contributed by atoms with Gasteiger partial charge in [0.25, 0.3) is 0 Å². The molecule has 0 aromatic heterocycles. The Kier molecular flexibility index (Phi) is 3.49. The number of nitrogens with zero attached hydrogens (tertiary/aromatic N) is 1. The maximum absolute atomic E-state index is 12.7. The molecule has 5 nitrogen and oxygen atoms in total. The summed E-state index contributed by atoms with van der Waals surface area (Å²) in [5.41, 5.74) is 4.85. The maximum Gasteiger partial charge on any atom is 0.249 e. The summed E-state index contributed by atoms with van der Waals surface area (Å²) in [6.07, 6.45) is 1.17. The summed E-state index contributed by atoms with van der Waals surface area (Å²) in [4.78, 5) is 25.9. The van der Waals surface area contributed by atoms with Gasteiger partial charge in [0.2, 0.25) is 11.8 Å². The van der Waals surface area contributed by atoms with Crippen molar-refractivity contribution in [2.24, 2.45) is 0 Å². The van der Waals surface area contributed by atoms with E-state index < -0.39 is 0 Å². The van der Waals surface area contributed by atoms with Crippen LogP contribution in [0.4, 0.5) is 17.1 Å². The molecule has 5 heteroatoms. The molecule has 0 unspecified atom stereocenters. The summed E-state index contributed by atoms with van der Waals surface area (Å²) >= 11 is 0. The number of fused-ring (bicyclic) bond motifs is 1. The molecule has 1 saturated heterocycles. The number of hydrogen-bond acceptors (Lipinski definition) is 3. The Morgan fingerprint density at radius 2 is 1.92 bits per heavy atom. The van der Waals surface area contributed by atoms with E-state index in [0.29, 0.717) is 13.0 Å². The summed E-state index contributed by atoms with van der Waals surface area (Å²) in [5, 5.41) is 6.13. The van der Waals surface area contributed by atoms with Gasteiger partial charge in [-0.1, -0.05) is 17.7 Å². The molecule has 2 N–H and O–H groups in total. The van der Waals surface area contributed by atoms with Crippen molar-refractivity contribution in [2.75, 3.05) is 22.1 Å². The Balaban J connectivity index is 1.48. The van der Waals surface area contributed by atoms with Crippen LogP contribution in [0.5, 0.6) is 0 Å². The number of amides is 2. The van der Waals surface area contributed by atoms with Crippen LogP contribution in [0, 0.1) is 6.92 Å². The first-order valence-corrected chi connectivity index (χ1v) is 8.17. The summed E-state index contributed by atoms with van der Waals surface area (Å²) in [6.45, 7) is 2.75. The minimum atomic E-state index is -0.227. The second-order valence-corrected chi connectivity index (χ2v) is 6.41. The molecule has 2 aliphatic heterocycles. The van der Waals surface area contributed by atoms with Gasteiger partial charge in [-0.15, -0.1) is 0 Å². The smallest absolute Gasteiger partial charge is 0.249 e. The Bertz CT molecular complexity index is 814. The molecule has 4 rings (SSSR count). The van der Waals surface area contributed by atoms with Crippen molar-refractivity contribution < 1.29 is 9.59 Å². The molecule has 122 valence electrons. The molecule has 24 heavy (non-hydrogen) atoms. The highest BCUT2D eigenvalue weighted by Gasteiger charge is 2.32. The van der Waals surface area contributed by atoms with E-state index >= 15 is 0 Å². The number of carbonyl (C=O) groups excluding carboxylic acids is 2. The van der Waals surface area contributed by atoms with Crippen LogP contribution in [0.25, 0.3) is 0 Å². The van der Waals surface area contributed by atoms with E-state index in [1.165, 1.54) is 5.56 Å². The second-order valence-electron chi connectivity index (χ2n) is 6.41. The first kappa shape index (κ1) is 14.8. The molecule has 0 radical (unpaired) electrons. The van der Waals surface area contributed by atoms with Crippen LogP contribution in [0.15, 0.2) is 42.5 Å². The van der Waals surface area contributed by atoms with E-state index in [0.717, 1.165) is 29.0 Å². The molecule has 0 saturated carbocycles. The average molecular weight is 321 g/mol. The zero-order chi connectivity index (χ0) is 16.7. The molecule has 2 aromatic carbocycles. The lowest BCUT2D eigenvalue weighted by atomic mass is 10.1. The molecule has 2 aliphatic rings. The van der Waals surface area contributed by atoms with Crippen LogP contribution < -0.4 is 15.5 Å². The van der Waals surface area contributed by atoms with E-state index in [1.807, 2.05) is 54.3 Å². The zero-order valence-electron chi connectivity index (χ0n) is 13.5. The van der Waals surface area contributed by atoms with E-state index in [4.69, 9.17) is 0 Å². The number of nitrogens with one attached hydrogen (secondary N) is 2. The standard InChI is InChI=1S/C19H19N3O2/c1-12-2-5-15(6-3-12)22-9-8-17(19(22)24)20-14-4-7-16-13(10-14)11-18(23)21-16/h2-7,10,17,20H,8-9,11H2,1H3,(H,21,23)/t17-/m0/s1. The molecule has 1 fully saturated rings. The first-order chi connectivity index (χ1) is 11.6. The quantitative estimate of drug-likeness (QED) is 0.914. The van der Waals surface area contributed by atoms with Crippen LogP contribution >= 0.6 is 0 Å². The Hall–Kier alpha value is -2.82. The van der Waals surface area contributed by atoms with Crippen LogP contribution in [-0.4, -0.2) is 24.4 Å². The third-order valence-electron chi connectivity index (χ3n) is 4.62. The van der Waals surface area contributed by atoms with Crippen LogP contribution in [-0.2, 0) is 16.0 Å². The number of aryl methyl sites for hydroxylation is 1. The van der Waals surface area contributed by atoms with Gasteiger partial charge in [0.15, 0.2) is 0 Å². The molecule has 2 aromatic rings. The fourth-order valence-corrected chi connectivity index (χ4v) is 3.32. The first-order valence-electron chi connectivity index (χ1n) is 8.17. The van der Waals surface area contributed by atoms with Gasteiger partial charge in [0.1, 0.15) is 6.04 Å². The predicted molar refractivity (Wildman–Crippen MR) is 94.3 cm³/mol. The van der Waals surface area contributed by atoms with Crippen molar-refractivity contribution in [1.29, 1.82) is 0 Å². The number of carbonyl (C=O) groups is 2. The molecule has 0 aliphatic carbocycles. The van der Waals surface area contributed by atoms with Gasteiger partial charge in [-0.25, -0.2) is 0 Å². The topological polar surface area (TPSA) is 61.4 Å². The van der Waals surface area contributed by atoms with Crippen LogP contribution in [0.1, 0.15) is 17.5 Å². The number of hydrogen-bond donors (Lipinski definition) is 2. The van der Waals surface area contributed by atoms with E-state index in [-0.39, 0.29) is 17.9 Å². The van der Waals surface area contributed by atoms with Crippen molar-refractivity contribution >= 4 is 28.9 Å². The number of anilines is 3. The molecular weight excluding hydrogens is 302 g/mol. The maximum atomic E-state index is 12.7. The van der Waals surface area contributed by atoms with Gasteiger partial charge in [0, 0.05) is 23.6 Å². The van der Waals surface area contributed by atoms with Gasteiger partial charge in [0.05, 0.1) is 6.42 Å². The Morgan fingerprint density at radius 1 is 1.12 bits per heavy atom. The highest BCUT2D eigenvalue weighted by atomic mass is 16.2. The summed E-state index contributed by atoms with van der Waals surface area (Å²) in [7, 11) is 0. The fourth-order valence-electron chi connectivity index (χ4n) is 3.32. The second kappa shape index (κ2) is 5.67. The Morgan fingerprint density at radius 3 is 2.71 bits per heavy atom.